The zero-order chi connectivity index (χ0) is 13.2. The molecule has 1 aliphatic carbocycles. The zero-order valence-electron chi connectivity index (χ0n) is 11.2. The van der Waals surface area contributed by atoms with Crippen molar-refractivity contribution in [2.75, 3.05) is 0 Å². The first kappa shape index (κ1) is 13.1. The maximum Gasteiger partial charge on any atom is 0.240 e. The van der Waals surface area contributed by atoms with Crippen molar-refractivity contribution < 1.29 is 9.21 Å². The molecule has 0 aromatic carbocycles. The summed E-state index contributed by atoms with van der Waals surface area (Å²) in [5, 5.41) is 2.96. The van der Waals surface area contributed by atoms with E-state index in [0.29, 0.717) is 0 Å². The highest BCUT2D eigenvalue weighted by molar-refractivity contribution is 5.86. The number of nitrogens with one attached hydrogen (secondary N) is 1. The van der Waals surface area contributed by atoms with Crippen molar-refractivity contribution in [3.8, 4) is 0 Å². The summed E-state index contributed by atoms with van der Waals surface area (Å²) < 4.78 is 5.51. The van der Waals surface area contributed by atoms with Crippen molar-refractivity contribution in [3.05, 3.63) is 23.7 Å². The molecule has 0 bridgehead atoms. The van der Waals surface area contributed by atoms with Gasteiger partial charge in [0.25, 0.3) is 0 Å². The molecule has 0 saturated heterocycles. The van der Waals surface area contributed by atoms with E-state index in [-0.39, 0.29) is 11.9 Å². The standard InChI is InChI=1S/C14H22N2O2/c1-10-6-7-12(18-10)11(2)16-13(17)14(15)8-4-3-5-9-14/h6-7,11H,3-5,8-9,15H2,1-2H3,(H,16,17). The van der Waals surface area contributed by atoms with E-state index in [9.17, 15) is 4.79 Å². The van der Waals surface area contributed by atoms with Crippen molar-refractivity contribution in [1.29, 1.82) is 0 Å². The van der Waals surface area contributed by atoms with Gasteiger partial charge in [0.1, 0.15) is 11.5 Å². The SMILES string of the molecule is Cc1ccc(C(C)NC(=O)C2(N)CCCCC2)o1. The molecule has 0 spiro atoms. The maximum absolute atomic E-state index is 12.2. The van der Waals surface area contributed by atoms with Crippen LogP contribution in [-0.2, 0) is 4.79 Å². The number of aryl methyl sites for hydroxylation is 1. The van der Waals surface area contributed by atoms with Gasteiger partial charge in [-0.05, 0) is 38.8 Å². The van der Waals surface area contributed by atoms with E-state index in [1.54, 1.807) is 0 Å². The van der Waals surface area contributed by atoms with E-state index in [1.807, 2.05) is 26.0 Å². The Balaban J connectivity index is 1.98. The third-order valence-electron chi connectivity index (χ3n) is 3.73. The lowest BCUT2D eigenvalue weighted by Crippen LogP contribution is -2.55. The van der Waals surface area contributed by atoms with Crippen LogP contribution in [0.4, 0.5) is 0 Å². The Morgan fingerprint density at radius 3 is 2.61 bits per heavy atom. The Hall–Kier alpha value is -1.29. The second-order valence-electron chi connectivity index (χ2n) is 5.36. The molecule has 1 heterocycles. The molecule has 0 aliphatic heterocycles. The summed E-state index contributed by atoms with van der Waals surface area (Å²) in [6.45, 7) is 3.81. The summed E-state index contributed by atoms with van der Waals surface area (Å²) in [4.78, 5) is 12.2. The number of hydrogen-bond acceptors (Lipinski definition) is 3. The number of carbonyl (C=O) groups excluding carboxylic acids is 1. The number of amides is 1. The first-order valence-electron chi connectivity index (χ1n) is 6.67. The van der Waals surface area contributed by atoms with Gasteiger partial charge in [-0.25, -0.2) is 0 Å². The first-order chi connectivity index (χ1) is 8.51. The highest BCUT2D eigenvalue weighted by Gasteiger charge is 2.36. The van der Waals surface area contributed by atoms with Gasteiger partial charge in [-0.3, -0.25) is 4.79 Å². The van der Waals surface area contributed by atoms with Crippen LogP contribution in [0.15, 0.2) is 16.5 Å². The van der Waals surface area contributed by atoms with Crippen LogP contribution in [0.3, 0.4) is 0 Å². The first-order valence-corrected chi connectivity index (χ1v) is 6.67. The minimum absolute atomic E-state index is 0.0521. The van der Waals surface area contributed by atoms with Crippen LogP contribution in [0, 0.1) is 6.92 Å². The molecule has 1 aliphatic rings. The predicted octanol–water partition coefficient (Wildman–Crippen LogP) is 2.43. The topological polar surface area (TPSA) is 68.3 Å². The molecular formula is C14H22N2O2. The number of nitrogens with two attached hydrogens (primary N) is 1. The highest BCUT2D eigenvalue weighted by atomic mass is 16.3. The normalized spacial score (nSPS) is 20.4. The van der Waals surface area contributed by atoms with E-state index in [4.69, 9.17) is 10.2 Å². The van der Waals surface area contributed by atoms with Crippen molar-refractivity contribution in [3.63, 3.8) is 0 Å². The van der Waals surface area contributed by atoms with Gasteiger partial charge < -0.3 is 15.5 Å². The number of rotatable bonds is 3. The molecule has 1 unspecified atom stereocenters. The fraction of sp³-hybridized carbons (Fsp3) is 0.643. The molecule has 3 N–H and O–H groups in total. The third kappa shape index (κ3) is 2.75. The van der Waals surface area contributed by atoms with Gasteiger partial charge in [0, 0.05) is 0 Å². The van der Waals surface area contributed by atoms with Crippen LogP contribution in [-0.4, -0.2) is 11.4 Å². The molecule has 18 heavy (non-hydrogen) atoms. The van der Waals surface area contributed by atoms with Crippen LogP contribution in [0.1, 0.15) is 56.6 Å². The van der Waals surface area contributed by atoms with E-state index in [1.165, 1.54) is 6.42 Å². The molecule has 1 saturated carbocycles. The third-order valence-corrected chi connectivity index (χ3v) is 3.73. The Morgan fingerprint density at radius 1 is 1.39 bits per heavy atom. The Kier molecular flexibility index (Phi) is 3.76. The van der Waals surface area contributed by atoms with E-state index >= 15 is 0 Å². The predicted molar refractivity (Wildman–Crippen MR) is 70.0 cm³/mol. The van der Waals surface area contributed by atoms with Gasteiger partial charge in [0.05, 0.1) is 11.6 Å². The van der Waals surface area contributed by atoms with Crippen LogP contribution in [0.2, 0.25) is 0 Å². The fourth-order valence-electron chi connectivity index (χ4n) is 2.51. The zero-order valence-corrected chi connectivity index (χ0v) is 11.2. The molecule has 0 radical (unpaired) electrons. The number of hydrogen-bond donors (Lipinski definition) is 2. The lowest BCUT2D eigenvalue weighted by molar-refractivity contribution is -0.128. The second kappa shape index (κ2) is 5.14. The summed E-state index contributed by atoms with van der Waals surface area (Å²) in [5.74, 6) is 1.58. The molecule has 2 rings (SSSR count). The average molecular weight is 250 g/mol. The minimum Gasteiger partial charge on any atom is -0.464 e. The molecule has 1 aromatic rings. The molecule has 1 fully saturated rings. The summed E-state index contributed by atoms with van der Waals surface area (Å²) in [6, 6.07) is 3.66. The Bertz CT molecular complexity index is 419. The summed E-state index contributed by atoms with van der Waals surface area (Å²) in [7, 11) is 0. The lowest BCUT2D eigenvalue weighted by Gasteiger charge is -2.32. The van der Waals surface area contributed by atoms with Gasteiger partial charge in [-0.1, -0.05) is 19.3 Å². The van der Waals surface area contributed by atoms with Gasteiger partial charge in [-0.15, -0.1) is 0 Å². The van der Waals surface area contributed by atoms with Crippen molar-refractivity contribution >= 4 is 5.91 Å². The van der Waals surface area contributed by atoms with Gasteiger partial charge in [0.2, 0.25) is 5.91 Å². The summed E-state index contributed by atoms with van der Waals surface area (Å²) >= 11 is 0. The molecule has 1 aromatic heterocycles. The van der Waals surface area contributed by atoms with Gasteiger partial charge in [0.15, 0.2) is 0 Å². The lowest BCUT2D eigenvalue weighted by atomic mass is 9.82. The number of carbonyl (C=O) groups is 1. The van der Waals surface area contributed by atoms with E-state index in [0.717, 1.165) is 37.2 Å². The van der Waals surface area contributed by atoms with Gasteiger partial charge in [-0.2, -0.15) is 0 Å². The van der Waals surface area contributed by atoms with Crippen LogP contribution < -0.4 is 11.1 Å². The Morgan fingerprint density at radius 2 is 2.06 bits per heavy atom. The van der Waals surface area contributed by atoms with Crippen molar-refractivity contribution in [1.82, 2.24) is 5.32 Å². The van der Waals surface area contributed by atoms with Crippen LogP contribution in [0.25, 0.3) is 0 Å². The molecular weight excluding hydrogens is 228 g/mol. The maximum atomic E-state index is 12.2. The van der Waals surface area contributed by atoms with Crippen molar-refractivity contribution in [2.45, 2.75) is 57.5 Å². The molecule has 4 heteroatoms. The molecule has 100 valence electrons. The van der Waals surface area contributed by atoms with E-state index in [2.05, 4.69) is 5.32 Å². The summed E-state index contributed by atoms with van der Waals surface area (Å²) in [5.41, 5.74) is 5.51. The van der Waals surface area contributed by atoms with E-state index < -0.39 is 5.54 Å². The molecule has 4 nitrogen and oxygen atoms in total. The quantitative estimate of drug-likeness (QED) is 0.865. The smallest absolute Gasteiger partial charge is 0.240 e. The second-order valence-corrected chi connectivity index (χ2v) is 5.36. The van der Waals surface area contributed by atoms with Gasteiger partial charge >= 0.3 is 0 Å². The largest absolute Gasteiger partial charge is 0.464 e. The average Bonchev–Trinajstić information content (AvgIpc) is 2.77. The van der Waals surface area contributed by atoms with Crippen molar-refractivity contribution in [2.24, 2.45) is 5.73 Å². The van der Waals surface area contributed by atoms with Crippen LogP contribution >= 0.6 is 0 Å². The highest BCUT2D eigenvalue weighted by Crippen LogP contribution is 2.27. The van der Waals surface area contributed by atoms with Crippen LogP contribution in [0.5, 0.6) is 0 Å². The monoisotopic (exact) mass is 250 g/mol. The molecule has 1 amide bonds. The summed E-state index contributed by atoms with van der Waals surface area (Å²) in [6.07, 6.45) is 4.82. The molecule has 1 atom stereocenters. The fourth-order valence-corrected chi connectivity index (χ4v) is 2.51. The Labute approximate surface area is 108 Å². The number of furan rings is 1. The minimum atomic E-state index is -0.686.